The summed E-state index contributed by atoms with van der Waals surface area (Å²) in [5.74, 6) is 1.66. The molecule has 0 aliphatic carbocycles. The Morgan fingerprint density at radius 3 is 2.50 bits per heavy atom. The summed E-state index contributed by atoms with van der Waals surface area (Å²) in [6.07, 6.45) is 1.83. The molecule has 1 aromatic heterocycles. The van der Waals surface area contributed by atoms with Gasteiger partial charge in [0.05, 0.1) is 5.75 Å². The average molecular weight is 395 g/mol. The van der Waals surface area contributed by atoms with Gasteiger partial charge in [0.15, 0.2) is 5.16 Å². The Morgan fingerprint density at radius 1 is 1.11 bits per heavy atom. The van der Waals surface area contributed by atoms with E-state index in [4.69, 9.17) is 0 Å². The first-order valence-corrected chi connectivity index (χ1v) is 10.5. The first kappa shape index (κ1) is 20.1. The maximum absolute atomic E-state index is 12.3. The van der Waals surface area contributed by atoms with Crippen LogP contribution < -0.4 is 5.32 Å². The van der Waals surface area contributed by atoms with E-state index in [0.717, 1.165) is 29.5 Å². The molecule has 0 fully saturated rings. The molecule has 6 heteroatoms. The number of carbonyl (C=O) groups excluding carboxylic acids is 1. The number of nitrogens with zero attached hydrogens (tertiary/aromatic N) is 3. The summed E-state index contributed by atoms with van der Waals surface area (Å²) in [6.45, 7) is 4.38. The number of benzene rings is 2. The van der Waals surface area contributed by atoms with E-state index in [2.05, 4.69) is 53.6 Å². The molecule has 0 aliphatic heterocycles. The molecule has 146 valence electrons. The maximum atomic E-state index is 12.3. The van der Waals surface area contributed by atoms with E-state index in [1.54, 1.807) is 0 Å². The minimum Gasteiger partial charge on any atom is -0.325 e. The van der Waals surface area contributed by atoms with Gasteiger partial charge in [0.25, 0.3) is 0 Å². The lowest BCUT2D eigenvalue weighted by Crippen LogP contribution is -2.14. The van der Waals surface area contributed by atoms with Gasteiger partial charge < -0.3 is 9.88 Å². The highest BCUT2D eigenvalue weighted by atomic mass is 32.2. The van der Waals surface area contributed by atoms with Crippen molar-refractivity contribution in [2.45, 2.75) is 37.8 Å². The standard InChI is InChI=1S/C22H26N4OS/c1-4-16(2)18-10-12-19(13-11-18)23-21(27)15-28-22-25-24-20(26(22)3)14-17-8-6-5-7-9-17/h5-13,16H,4,14-15H2,1-3H3,(H,23,27)/t16-/m0/s1. The van der Waals surface area contributed by atoms with Crippen molar-refractivity contribution < 1.29 is 4.79 Å². The zero-order valence-electron chi connectivity index (χ0n) is 16.6. The Hall–Kier alpha value is -2.60. The SMILES string of the molecule is CC[C@H](C)c1ccc(NC(=O)CSc2nnc(Cc3ccccc3)n2C)cc1. The number of aromatic nitrogens is 3. The van der Waals surface area contributed by atoms with Gasteiger partial charge in [0, 0.05) is 19.2 Å². The predicted octanol–water partition coefficient (Wildman–Crippen LogP) is 4.65. The Labute approximate surface area is 170 Å². The fourth-order valence-corrected chi connectivity index (χ4v) is 3.59. The average Bonchev–Trinajstić information content (AvgIpc) is 3.06. The second kappa shape index (κ2) is 9.55. The van der Waals surface area contributed by atoms with Gasteiger partial charge in [0.1, 0.15) is 5.82 Å². The molecule has 0 radical (unpaired) electrons. The van der Waals surface area contributed by atoms with Crippen molar-refractivity contribution in [3.8, 4) is 0 Å². The minimum atomic E-state index is -0.0473. The van der Waals surface area contributed by atoms with Crippen LogP contribution in [0.25, 0.3) is 0 Å². The van der Waals surface area contributed by atoms with Crippen LogP contribution in [0, 0.1) is 0 Å². The van der Waals surface area contributed by atoms with Gasteiger partial charge in [-0.05, 0) is 35.6 Å². The van der Waals surface area contributed by atoms with Gasteiger partial charge in [0.2, 0.25) is 5.91 Å². The third kappa shape index (κ3) is 5.23. The van der Waals surface area contributed by atoms with E-state index in [1.165, 1.54) is 22.9 Å². The first-order chi connectivity index (χ1) is 13.6. The Morgan fingerprint density at radius 2 is 1.82 bits per heavy atom. The van der Waals surface area contributed by atoms with Crippen LogP contribution in [-0.2, 0) is 18.3 Å². The number of carbonyl (C=O) groups is 1. The molecule has 28 heavy (non-hydrogen) atoms. The first-order valence-electron chi connectivity index (χ1n) is 9.51. The Bertz CT molecular complexity index is 906. The molecular weight excluding hydrogens is 368 g/mol. The molecule has 0 saturated heterocycles. The van der Waals surface area contributed by atoms with Crippen LogP contribution in [0.4, 0.5) is 5.69 Å². The van der Waals surface area contributed by atoms with Crippen molar-refractivity contribution >= 4 is 23.4 Å². The zero-order valence-corrected chi connectivity index (χ0v) is 17.4. The van der Waals surface area contributed by atoms with E-state index in [9.17, 15) is 4.79 Å². The van der Waals surface area contributed by atoms with Crippen molar-refractivity contribution in [3.63, 3.8) is 0 Å². The van der Waals surface area contributed by atoms with Crippen LogP contribution in [0.1, 0.15) is 43.1 Å². The Balaban J connectivity index is 1.53. The summed E-state index contributed by atoms with van der Waals surface area (Å²) in [6, 6.07) is 18.3. The highest BCUT2D eigenvalue weighted by molar-refractivity contribution is 7.99. The molecule has 3 rings (SSSR count). The van der Waals surface area contributed by atoms with Crippen LogP contribution in [0.2, 0.25) is 0 Å². The van der Waals surface area contributed by atoms with Crippen LogP contribution in [0.15, 0.2) is 59.8 Å². The van der Waals surface area contributed by atoms with Gasteiger partial charge in [-0.15, -0.1) is 10.2 Å². The highest BCUT2D eigenvalue weighted by Crippen LogP contribution is 2.21. The minimum absolute atomic E-state index is 0.0473. The van der Waals surface area contributed by atoms with Gasteiger partial charge in [-0.2, -0.15) is 0 Å². The molecular formula is C22H26N4OS. The second-order valence-corrected chi connectivity index (χ2v) is 7.83. The summed E-state index contributed by atoms with van der Waals surface area (Å²) in [7, 11) is 1.94. The third-order valence-corrected chi connectivity index (χ3v) is 5.86. The summed E-state index contributed by atoms with van der Waals surface area (Å²) in [5.41, 5.74) is 3.30. The van der Waals surface area contributed by atoms with Crippen LogP contribution in [-0.4, -0.2) is 26.4 Å². The third-order valence-electron chi connectivity index (χ3n) is 4.84. The normalized spacial score (nSPS) is 12.0. The molecule has 5 nitrogen and oxygen atoms in total. The van der Waals surface area contributed by atoms with E-state index < -0.39 is 0 Å². The van der Waals surface area contributed by atoms with Gasteiger partial charge in [-0.1, -0.05) is 68.1 Å². The molecule has 1 amide bonds. The lowest BCUT2D eigenvalue weighted by atomic mass is 9.99. The van der Waals surface area contributed by atoms with Gasteiger partial charge in [-0.3, -0.25) is 4.79 Å². The summed E-state index contributed by atoms with van der Waals surface area (Å²) >= 11 is 1.39. The van der Waals surface area contributed by atoms with Gasteiger partial charge in [-0.25, -0.2) is 0 Å². The largest absolute Gasteiger partial charge is 0.325 e. The number of hydrogen-bond donors (Lipinski definition) is 1. The van der Waals surface area contributed by atoms with E-state index in [-0.39, 0.29) is 5.91 Å². The topological polar surface area (TPSA) is 59.8 Å². The molecule has 3 aromatic rings. The maximum Gasteiger partial charge on any atom is 0.234 e. The fourth-order valence-electron chi connectivity index (χ4n) is 2.86. The quantitative estimate of drug-likeness (QED) is 0.565. The lowest BCUT2D eigenvalue weighted by Gasteiger charge is -2.10. The molecule has 1 atom stereocenters. The summed E-state index contributed by atoms with van der Waals surface area (Å²) in [5, 5.41) is 12.2. The fraction of sp³-hybridized carbons (Fsp3) is 0.318. The number of nitrogens with one attached hydrogen (secondary N) is 1. The van der Waals surface area contributed by atoms with Crippen molar-refractivity contribution in [1.82, 2.24) is 14.8 Å². The number of hydrogen-bond acceptors (Lipinski definition) is 4. The molecule has 1 heterocycles. The lowest BCUT2D eigenvalue weighted by molar-refractivity contribution is -0.113. The number of anilines is 1. The zero-order chi connectivity index (χ0) is 19.9. The monoisotopic (exact) mass is 394 g/mol. The molecule has 0 aliphatic rings. The van der Waals surface area contributed by atoms with Gasteiger partial charge >= 0.3 is 0 Å². The van der Waals surface area contributed by atoms with E-state index in [1.807, 2.05) is 41.9 Å². The molecule has 0 bridgehead atoms. The molecule has 0 unspecified atom stereocenters. The number of thioether (sulfide) groups is 1. The smallest absolute Gasteiger partial charge is 0.234 e. The van der Waals surface area contributed by atoms with Crippen LogP contribution in [0.3, 0.4) is 0 Å². The molecule has 2 aromatic carbocycles. The molecule has 1 N–H and O–H groups in total. The van der Waals surface area contributed by atoms with Crippen molar-refractivity contribution in [2.75, 3.05) is 11.1 Å². The summed E-state index contributed by atoms with van der Waals surface area (Å²) in [4.78, 5) is 12.3. The van der Waals surface area contributed by atoms with E-state index in [0.29, 0.717) is 11.7 Å². The second-order valence-electron chi connectivity index (χ2n) is 6.89. The summed E-state index contributed by atoms with van der Waals surface area (Å²) < 4.78 is 1.95. The van der Waals surface area contributed by atoms with Crippen LogP contribution >= 0.6 is 11.8 Å². The van der Waals surface area contributed by atoms with Crippen LogP contribution in [0.5, 0.6) is 0 Å². The molecule has 0 saturated carbocycles. The van der Waals surface area contributed by atoms with E-state index >= 15 is 0 Å². The van der Waals surface area contributed by atoms with Crippen molar-refractivity contribution in [3.05, 3.63) is 71.5 Å². The predicted molar refractivity (Wildman–Crippen MR) is 115 cm³/mol. The molecule has 0 spiro atoms. The van der Waals surface area contributed by atoms with Crippen molar-refractivity contribution in [1.29, 1.82) is 0 Å². The number of rotatable bonds is 8. The Kier molecular flexibility index (Phi) is 6.87. The number of amides is 1. The highest BCUT2D eigenvalue weighted by Gasteiger charge is 2.12. The van der Waals surface area contributed by atoms with Crippen molar-refractivity contribution in [2.24, 2.45) is 7.05 Å².